The third-order valence-corrected chi connectivity index (χ3v) is 7.72. The SMILES string of the molecule is CC(C)c1cccc(C(=O)Nc2cc3cn(C4CCC(O)(C5CC5)CC4)nc3cc2N(C)C)[n+]1O. The van der Waals surface area contributed by atoms with Crippen LogP contribution in [0.5, 0.6) is 0 Å². The number of benzene rings is 1. The van der Waals surface area contributed by atoms with Crippen LogP contribution < -0.4 is 14.9 Å². The van der Waals surface area contributed by atoms with Gasteiger partial charge in [0.2, 0.25) is 5.69 Å². The predicted molar refractivity (Wildman–Crippen MR) is 135 cm³/mol. The lowest BCUT2D eigenvalue weighted by atomic mass is 9.79. The number of hydrogen-bond acceptors (Lipinski definition) is 5. The van der Waals surface area contributed by atoms with Crippen LogP contribution in [0.25, 0.3) is 10.9 Å². The maximum absolute atomic E-state index is 13.1. The van der Waals surface area contributed by atoms with Crippen LogP contribution in [0.15, 0.2) is 36.5 Å². The lowest BCUT2D eigenvalue weighted by Gasteiger charge is -2.36. The molecule has 3 aromatic rings. The molecule has 1 aromatic carbocycles. The second-order valence-corrected chi connectivity index (χ2v) is 10.8. The smallest absolute Gasteiger partial charge is 0.325 e. The Morgan fingerprint density at radius 1 is 1.20 bits per heavy atom. The quantitative estimate of drug-likeness (QED) is 0.364. The van der Waals surface area contributed by atoms with Crippen molar-refractivity contribution >= 4 is 28.2 Å². The summed E-state index contributed by atoms with van der Waals surface area (Å²) < 4.78 is 3.01. The van der Waals surface area contributed by atoms with E-state index >= 15 is 0 Å². The molecule has 5 rings (SSSR count). The molecule has 0 radical (unpaired) electrons. The summed E-state index contributed by atoms with van der Waals surface area (Å²) in [6.45, 7) is 3.94. The summed E-state index contributed by atoms with van der Waals surface area (Å²) in [5.74, 6) is 0.191. The highest BCUT2D eigenvalue weighted by Crippen LogP contribution is 2.49. The fraction of sp³-hybridized carbons (Fsp3) is 0.519. The van der Waals surface area contributed by atoms with Crippen LogP contribution in [0.1, 0.15) is 80.5 Å². The van der Waals surface area contributed by atoms with Crippen molar-refractivity contribution in [2.24, 2.45) is 5.92 Å². The van der Waals surface area contributed by atoms with E-state index in [0.717, 1.165) is 59.8 Å². The van der Waals surface area contributed by atoms with Gasteiger partial charge in [0.1, 0.15) is 0 Å². The molecule has 2 fully saturated rings. The summed E-state index contributed by atoms with van der Waals surface area (Å²) in [5, 5.41) is 30.3. The van der Waals surface area contributed by atoms with E-state index in [0.29, 0.717) is 17.3 Å². The van der Waals surface area contributed by atoms with Crippen LogP contribution in [-0.4, -0.2) is 45.7 Å². The van der Waals surface area contributed by atoms with Gasteiger partial charge in [0.15, 0.2) is 0 Å². The molecule has 2 heterocycles. The van der Waals surface area contributed by atoms with Gasteiger partial charge in [-0.05, 0) is 62.6 Å². The van der Waals surface area contributed by atoms with Gasteiger partial charge in [-0.1, -0.05) is 13.8 Å². The lowest BCUT2D eigenvalue weighted by Crippen LogP contribution is -2.43. The van der Waals surface area contributed by atoms with Crippen molar-refractivity contribution in [2.45, 2.75) is 69.9 Å². The molecule has 8 heteroatoms. The number of anilines is 2. The van der Waals surface area contributed by atoms with Gasteiger partial charge >= 0.3 is 11.6 Å². The first-order valence-corrected chi connectivity index (χ1v) is 12.6. The largest absolute Gasteiger partial charge is 0.390 e. The van der Waals surface area contributed by atoms with Gasteiger partial charge in [-0.3, -0.25) is 14.7 Å². The number of amides is 1. The summed E-state index contributed by atoms with van der Waals surface area (Å²) in [5.41, 5.74) is 2.75. The summed E-state index contributed by atoms with van der Waals surface area (Å²) in [4.78, 5) is 15.1. The van der Waals surface area contributed by atoms with Crippen molar-refractivity contribution in [1.82, 2.24) is 9.78 Å². The molecule has 0 bridgehead atoms. The molecule has 3 N–H and O–H groups in total. The lowest BCUT2D eigenvalue weighted by molar-refractivity contribution is -0.911. The molecule has 0 atom stereocenters. The summed E-state index contributed by atoms with van der Waals surface area (Å²) in [6, 6.07) is 9.41. The van der Waals surface area contributed by atoms with Crippen LogP contribution in [0, 0.1) is 5.92 Å². The summed E-state index contributed by atoms with van der Waals surface area (Å²) in [6.07, 6.45) is 7.88. The van der Waals surface area contributed by atoms with Gasteiger partial charge in [0, 0.05) is 48.5 Å². The van der Waals surface area contributed by atoms with Gasteiger partial charge in [0.25, 0.3) is 0 Å². The highest BCUT2D eigenvalue weighted by atomic mass is 16.5. The van der Waals surface area contributed by atoms with Crippen molar-refractivity contribution in [3.05, 3.63) is 47.9 Å². The number of carbonyl (C=O) groups excluding carboxylic acids is 1. The molecule has 35 heavy (non-hydrogen) atoms. The van der Waals surface area contributed by atoms with Crippen LogP contribution in [0.4, 0.5) is 11.4 Å². The highest BCUT2D eigenvalue weighted by Gasteiger charge is 2.45. The minimum absolute atomic E-state index is 0.0762. The number of pyridine rings is 1. The number of aromatic nitrogens is 3. The molecule has 186 valence electrons. The van der Waals surface area contributed by atoms with Crippen molar-refractivity contribution in [2.75, 3.05) is 24.3 Å². The predicted octanol–water partition coefficient (Wildman–Crippen LogP) is 4.26. The topological polar surface area (TPSA) is 94.5 Å². The zero-order valence-electron chi connectivity index (χ0n) is 21.0. The van der Waals surface area contributed by atoms with Crippen molar-refractivity contribution in [3.63, 3.8) is 0 Å². The maximum atomic E-state index is 13.1. The zero-order valence-corrected chi connectivity index (χ0v) is 21.0. The first-order chi connectivity index (χ1) is 16.7. The number of carbonyl (C=O) groups is 1. The Labute approximate surface area is 206 Å². The van der Waals surface area contributed by atoms with Gasteiger partial charge in [-0.15, -0.1) is 0 Å². The number of nitrogens with one attached hydrogen (secondary N) is 1. The Morgan fingerprint density at radius 2 is 1.91 bits per heavy atom. The van der Waals surface area contributed by atoms with Crippen molar-refractivity contribution in [1.29, 1.82) is 0 Å². The first kappa shape index (κ1) is 23.6. The third kappa shape index (κ3) is 4.47. The molecule has 0 saturated heterocycles. The van der Waals surface area contributed by atoms with Gasteiger partial charge in [0.05, 0.1) is 28.5 Å². The zero-order chi connectivity index (χ0) is 24.9. The maximum Gasteiger partial charge on any atom is 0.325 e. The van der Waals surface area contributed by atoms with Crippen LogP contribution in [-0.2, 0) is 0 Å². The van der Waals surface area contributed by atoms with E-state index in [4.69, 9.17) is 5.10 Å². The Morgan fingerprint density at radius 3 is 2.54 bits per heavy atom. The first-order valence-electron chi connectivity index (χ1n) is 12.6. The molecule has 8 nitrogen and oxygen atoms in total. The molecule has 1 amide bonds. The van der Waals surface area contributed by atoms with Gasteiger partial charge < -0.3 is 15.3 Å². The highest BCUT2D eigenvalue weighted by molar-refractivity contribution is 6.05. The van der Waals surface area contributed by atoms with E-state index in [1.165, 1.54) is 0 Å². The molecule has 2 aliphatic rings. The van der Waals surface area contributed by atoms with Crippen LogP contribution in [0.2, 0.25) is 0 Å². The number of aliphatic hydroxyl groups is 1. The van der Waals surface area contributed by atoms with Crippen LogP contribution in [0.3, 0.4) is 0 Å². The Hall–Kier alpha value is -3.13. The normalized spacial score (nSPS) is 22.5. The summed E-state index contributed by atoms with van der Waals surface area (Å²) in [7, 11) is 3.86. The fourth-order valence-electron chi connectivity index (χ4n) is 5.45. The monoisotopic (exact) mass is 478 g/mol. The van der Waals surface area contributed by atoms with Crippen molar-refractivity contribution in [3.8, 4) is 0 Å². The minimum atomic E-state index is -0.477. The van der Waals surface area contributed by atoms with Gasteiger partial charge in [-0.2, -0.15) is 5.10 Å². The molecular weight excluding hydrogens is 442 g/mol. The van der Waals surface area contributed by atoms with Crippen molar-refractivity contribution < 1.29 is 19.8 Å². The number of rotatable bonds is 6. The van der Waals surface area contributed by atoms with E-state index < -0.39 is 5.60 Å². The van der Waals surface area contributed by atoms with E-state index in [1.54, 1.807) is 12.1 Å². The van der Waals surface area contributed by atoms with E-state index in [2.05, 4.69) is 5.32 Å². The standard InChI is InChI=1S/C27H35N5O3/c1-17(2)23-6-5-7-24(32(23)35)26(33)28-22-14-18-16-31(29-21(18)15-25(22)30(3)4)20-10-12-27(34,13-11-20)19-8-9-19/h5-7,14-17,19-20,34H,8-13H2,1-4H3,(H-,28,33,35)/p+1. The average Bonchev–Trinajstić information content (AvgIpc) is 3.60. The van der Waals surface area contributed by atoms with E-state index in [1.807, 2.05) is 61.9 Å². The Kier molecular flexibility index (Phi) is 5.95. The molecule has 0 unspecified atom stereocenters. The minimum Gasteiger partial charge on any atom is -0.390 e. The Balaban J connectivity index is 1.41. The molecule has 2 aromatic heterocycles. The third-order valence-electron chi connectivity index (χ3n) is 7.72. The molecule has 2 aliphatic carbocycles. The summed E-state index contributed by atoms with van der Waals surface area (Å²) >= 11 is 0. The molecule has 0 spiro atoms. The fourth-order valence-corrected chi connectivity index (χ4v) is 5.45. The second kappa shape index (κ2) is 8.82. The number of fused-ring (bicyclic) bond motifs is 1. The Bertz CT molecular complexity index is 1250. The molecule has 2 saturated carbocycles. The number of hydrogen-bond donors (Lipinski definition) is 3. The number of nitrogens with zero attached hydrogens (tertiary/aromatic N) is 4. The average molecular weight is 479 g/mol. The molecule has 0 aliphatic heterocycles. The molecular formula is C27H36N5O3+. The second-order valence-electron chi connectivity index (χ2n) is 10.8. The van der Waals surface area contributed by atoms with Crippen LogP contribution >= 0.6 is 0 Å². The van der Waals surface area contributed by atoms with Gasteiger partial charge in [-0.25, -0.2) is 0 Å². The van der Waals surface area contributed by atoms with E-state index in [9.17, 15) is 15.1 Å². The van der Waals surface area contributed by atoms with E-state index in [-0.39, 0.29) is 23.6 Å².